The number of rotatable bonds is 5. The van der Waals surface area contributed by atoms with Crippen LogP contribution in [0, 0.1) is 0 Å². The maximum Gasteiger partial charge on any atom is 0.243 e. The highest BCUT2D eigenvalue weighted by molar-refractivity contribution is 9.10. The predicted octanol–water partition coefficient (Wildman–Crippen LogP) is 4.07. The molecule has 108 valence electrons. The molecule has 0 radical (unpaired) electrons. The minimum absolute atomic E-state index is 0.302. The minimum atomic E-state index is -3.47. The van der Waals surface area contributed by atoms with Crippen LogP contribution in [0.25, 0.3) is 0 Å². The molecule has 0 aliphatic rings. The van der Waals surface area contributed by atoms with Crippen molar-refractivity contribution >= 4 is 48.9 Å². The highest BCUT2D eigenvalue weighted by atomic mass is 79.9. The highest BCUT2D eigenvalue weighted by Gasteiger charge is 2.22. The van der Waals surface area contributed by atoms with Crippen molar-refractivity contribution in [1.29, 1.82) is 0 Å². The van der Waals surface area contributed by atoms with Crippen molar-refractivity contribution in [2.45, 2.75) is 17.3 Å². The number of thiophene rings is 1. The lowest BCUT2D eigenvalue weighted by molar-refractivity contribution is 0.467. The summed E-state index contributed by atoms with van der Waals surface area (Å²) in [6.45, 7) is 0.327. The third-order valence-corrected chi connectivity index (χ3v) is 6.57. The Hall–Kier alpha value is -0.400. The Bertz CT molecular complexity index is 700. The van der Waals surface area contributed by atoms with Gasteiger partial charge >= 0.3 is 0 Å². The molecule has 1 heterocycles. The Morgan fingerprint density at radius 2 is 2.10 bits per heavy atom. The molecule has 1 aromatic carbocycles. The van der Waals surface area contributed by atoms with E-state index in [0.717, 1.165) is 14.9 Å². The van der Waals surface area contributed by atoms with E-state index in [9.17, 15) is 8.42 Å². The Balaban J connectivity index is 2.21. The van der Waals surface area contributed by atoms with Gasteiger partial charge in [-0.05, 0) is 23.8 Å². The van der Waals surface area contributed by atoms with Crippen LogP contribution in [-0.2, 0) is 22.4 Å². The normalized spacial score (nSPS) is 12.0. The summed E-state index contributed by atoms with van der Waals surface area (Å²) in [5, 5.41) is 1.63. The number of benzene rings is 1. The Morgan fingerprint density at radius 3 is 2.70 bits per heavy atom. The average Bonchev–Trinajstić information content (AvgIpc) is 2.88. The number of hydrogen-bond acceptors (Lipinski definition) is 3. The Kier molecular flexibility index (Phi) is 5.25. The molecule has 0 unspecified atom stereocenters. The van der Waals surface area contributed by atoms with Crippen molar-refractivity contribution in [3.05, 3.63) is 50.6 Å². The van der Waals surface area contributed by atoms with E-state index in [1.54, 1.807) is 18.5 Å². The van der Waals surface area contributed by atoms with Gasteiger partial charge in [0.15, 0.2) is 0 Å². The molecule has 0 spiro atoms. The monoisotopic (exact) mass is 393 g/mol. The topological polar surface area (TPSA) is 37.4 Å². The van der Waals surface area contributed by atoms with Crippen LogP contribution in [0.2, 0.25) is 0 Å². The molecule has 2 rings (SSSR count). The first-order valence-electron chi connectivity index (χ1n) is 5.77. The van der Waals surface area contributed by atoms with E-state index in [2.05, 4.69) is 15.9 Å². The van der Waals surface area contributed by atoms with E-state index in [-0.39, 0.29) is 0 Å². The molecule has 0 aliphatic carbocycles. The van der Waals surface area contributed by atoms with Crippen LogP contribution in [-0.4, -0.2) is 19.8 Å². The molecule has 0 bridgehead atoms. The summed E-state index contributed by atoms with van der Waals surface area (Å²) < 4.78 is 27.1. The van der Waals surface area contributed by atoms with Gasteiger partial charge in [-0.3, -0.25) is 0 Å². The van der Waals surface area contributed by atoms with Gasteiger partial charge in [0.25, 0.3) is 0 Å². The molecule has 0 saturated heterocycles. The first-order chi connectivity index (χ1) is 9.43. The zero-order valence-corrected chi connectivity index (χ0v) is 14.7. The number of sulfonamides is 1. The molecule has 2 aromatic rings. The summed E-state index contributed by atoms with van der Waals surface area (Å²) in [5.74, 6) is 0.329. The Labute approximate surface area is 136 Å². The zero-order valence-electron chi connectivity index (χ0n) is 10.7. The summed E-state index contributed by atoms with van der Waals surface area (Å²) in [7, 11) is -1.89. The molecule has 7 heteroatoms. The summed E-state index contributed by atoms with van der Waals surface area (Å²) in [4.78, 5) is 1.15. The Morgan fingerprint density at radius 1 is 1.35 bits per heavy atom. The summed E-state index contributed by atoms with van der Waals surface area (Å²) >= 11 is 10.5. The second-order valence-corrected chi connectivity index (χ2v) is 8.50. The van der Waals surface area contributed by atoms with Gasteiger partial charge in [-0.15, -0.1) is 22.9 Å². The van der Waals surface area contributed by atoms with Crippen LogP contribution in [0.1, 0.15) is 10.4 Å². The number of hydrogen-bond donors (Lipinski definition) is 0. The summed E-state index contributed by atoms with van der Waals surface area (Å²) in [6.07, 6.45) is 0. The lowest BCUT2D eigenvalue weighted by atomic mass is 10.2. The van der Waals surface area contributed by atoms with Crippen LogP contribution in [0.15, 0.2) is 45.1 Å². The molecular formula is C13H13BrClNO2S2. The molecule has 0 atom stereocenters. The molecule has 3 nitrogen and oxygen atoms in total. The standard InChI is InChI=1S/C13H13BrClNO2S2/c1-16(8-10-3-2-4-11(14)5-10)20(17,18)13-6-12(7-15)19-9-13/h2-6,9H,7-8H2,1H3. The van der Waals surface area contributed by atoms with Crippen LogP contribution in [0.4, 0.5) is 0 Å². The largest absolute Gasteiger partial charge is 0.243 e. The van der Waals surface area contributed by atoms with E-state index in [4.69, 9.17) is 11.6 Å². The molecule has 0 saturated carbocycles. The van der Waals surface area contributed by atoms with Gasteiger partial charge in [-0.2, -0.15) is 4.31 Å². The van der Waals surface area contributed by atoms with Crippen LogP contribution < -0.4 is 0 Å². The molecule has 1 aromatic heterocycles. The first kappa shape index (κ1) is 16.0. The summed E-state index contributed by atoms with van der Waals surface area (Å²) in [6, 6.07) is 9.22. The van der Waals surface area contributed by atoms with E-state index >= 15 is 0 Å². The van der Waals surface area contributed by atoms with Gasteiger partial charge in [0.05, 0.1) is 10.8 Å². The predicted molar refractivity (Wildman–Crippen MR) is 86.7 cm³/mol. The van der Waals surface area contributed by atoms with Gasteiger partial charge in [0.2, 0.25) is 10.0 Å². The van der Waals surface area contributed by atoms with E-state index < -0.39 is 10.0 Å². The maximum atomic E-state index is 12.4. The highest BCUT2D eigenvalue weighted by Crippen LogP contribution is 2.24. The van der Waals surface area contributed by atoms with E-state index in [1.807, 2.05) is 24.3 Å². The smallest absolute Gasteiger partial charge is 0.207 e. The second-order valence-electron chi connectivity index (χ2n) is 4.27. The van der Waals surface area contributed by atoms with Crippen molar-refractivity contribution in [2.75, 3.05) is 7.05 Å². The molecule has 0 aliphatic heterocycles. The SMILES string of the molecule is CN(Cc1cccc(Br)c1)S(=O)(=O)c1csc(CCl)c1. The van der Waals surface area contributed by atoms with Crippen LogP contribution in [0.5, 0.6) is 0 Å². The van der Waals surface area contributed by atoms with Gasteiger partial charge < -0.3 is 0 Å². The van der Waals surface area contributed by atoms with Crippen molar-refractivity contribution < 1.29 is 8.42 Å². The van der Waals surface area contributed by atoms with Gasteiger partial charge in [0.1, 0.15) is 0 Å². The first-order valence-corrected chi connectivity index (χ1v) is 9.42. The zero-order chi connectivity index (χ0) is 14.8. The van der Waals surface area contributed by atoms with Crippen LogP contribution >= 0.6 is 38.9 Å². The van der Waals surface area contributed by atoms with Gasteiger partial charge in [-0.25, -0.2) is 8.42 Å². The molecule has 0 N–H and O–H groups in total. The van der Waals surface area contributed by atoms with Gasteiger partial charge in [0, 0.05) is 28.3 Å². The molecule has 0 fully saturated rings. The van der Waals surface area contributed by atoms with Gasteiger partial charge in [-0.1, -0.05) is 28.1 Å². The fourth-order valence-electron chi connectivity index (χ4n) is 1.72. The van der Waals surface area contributed by atoms with E-state index in [1.165, 1.54) is 15.6 Å². The number of nitrogens with zero attached hydrogens (tertiary/aromatic N) is 1. The lowest BCUT2D eigenvalue weighted by Crippen LogP contribution is -2.26. The lowest BCUT2D eigenvalue weighted by Gasteiger charge is -2.16. The second kappa shape index (κ2) is 6.58. The molecule has 20 heavy (non-hydrogen) atoms. The average molecular weight is 395 g/mol. The fourth-order valence-corrected chi connectivity index (χ4v) is 4.70. The van der Waals surface area contributed by atoms with Crippen molar-refractivity contribution in [1.82, 2.24) is 4.31 Å². The molecule has 0 amide bonds. The number of halogens is 2. The van der Waals surface area contributed by atoms with Crippen molar-refractivity contribution in [2.24, 2.45) is 0 Å². The minimum Gasteiger partial charge on any atom is -0.207 e. The van der Waals surface area contributed by atoms with Crippen LogP contribution in [0.3, 0.4) is 0 Å². The molecular weight excluding hydrogens is 382 g/mol. The third-order valence-electron chi connectivity index (χ3n) is 2.76. The van der Waals surface area contributed by atoms with Crippen molar-refractivity contribution in [3.63, 3.8) is 0 Å². The quantitative estimate of drug-likeness (QED) is 0.717. The summed E-state index contributed by atoms with van der Waals surface area (Å²) in [5.41, 5.74) is 0.929. The maximum absolute atomic E-state index is 12.4. The number of alkyl halides is 1. The fraction of sp³-hybridized carbons (Fsp3) is 0.231. The van der Waals surface area contributed by atoms with E-state index in [0.29, 0.717) is 17.3 Å². The van der Waals surface area contributed by atoms with Crippen molar-refractivity contribution in [3.8, 4) is 0 Å². The third kappa shape index (κ3) is 3.62.